The molecule has 0 aromatic heterocycles. The second-order valence-electron chi connectivity index (χ2n) is 6.41. The highest BCUT2D eigenvalue weighted by Crippen LogP contribution is 2.14. The number of hydrogen-bond donors (Lipinski definition) is 2. The average molecular weight is 302 g/mol. The Kier molecular flexibility index (Phi) is 16.2. The maximum atomic E-state index is 8.99. The van der Waals surface area contributed by atoms with E-state index in [0.29, 0.717) is 5.23 Å². The van der Waals surface area contributed by atoms with Crippen molar-refractivity contribution in [2.75, 3.05) is 0 Å². The number of unbranched alkanes of at least 4 members (excludes halogenated alkanes) is 12. The summed E-state index contributed by atoms with van der Waals surface area (Å²) in [6.07, 6.45) is 19.3. The number of hydrogen-bond acceptors (Lipinski definition) is 3. The molecule has 0 fully saturated rings. The molecule has 3 nitrogen and oxygen atoms in total. The Balaban J connectivity index is 3.12. The molecule has 0 aliphatic rings. The zero-order valence-corrected chi connectivity index (χ0v) is 14.5. The SMILES string of the molecule is CCCCCCCCCCCCCCCC(CC)N(O)O. The molecule has 1 unspecified atom stereocenters. The summed E-state index contributed by atoms with van der Waals surface area (Å²) in [7, 11) is 0. The first kappa shape index (κ1) is 20.9. The molecule has 0 aromatic carbocycles. The fourth-order valence-corrected chi connectivity index (χ4v) is 2.88. The normalized spacial score (nSPS) is 13.0. The Labute approximate surface area is 132 Å². The predicted octanol–water partition coefficient (Wildman–Crippen LogP) is 6.33. The number of nitrogens with zero attached hydrogens (tertiary/aromatic N) is 1. The molecule has 0 rings (SSSR count). The zero-order valence-electron chi connectivity index (χ0n) is 14.5. The minimum atomic E-state index is -0.0855. The smallest absolute Gasteiger partial charge is 0.0621 e. The molecule has 0 radical (unpaired) electrons. The molecule has 0 aromatic rings. The van der Waals surface area contributed by atoms with Gasteiger partial charge in [0.25, 0.3) is 0 Å². The largest absolute Gasteiger partial charge is 0.289 e. The van der Waals surface area contributed by atoms with E-state index in [2.05, 4.69) is 6.92 Å². The van der Waals surface area contributed by atoms with E-state index in [1.54, 1.807) is 0 Å². The van der Waals surface area contributed by atoms with Crippen molar-refractivity contribution in [3.8, 4) is 0 Å². The van der Waals surface area contributed by atoms with Gasteiger partial charge in [-0.15, -0.1) is 0 Å². The fourth-order valence-electron chi connectivity index (χ4n) is 2.88. The van der Waals surface area contributed by atoms with Crippen LogP contribution in [0.4, 0.5) is 0 Å². The third-order valence-corrected chi connectivity index (χ3v) is 4.44. The highest BCUT2D eigenvalue weighted by molar-refractivity contribution is 4.58. The fraction of sp³-hybridized carbons (Fsp3) is 1.00. The Morgan fingerprint density at radius 2 is 1.00 bits per heavy atom. The van der Waals surface area contributed by atoms with E-state index in [0.717, 1.165) is 19.3 Å². The lowest BCUT2D eigenvalue weighted by Gasteiger charge is -2.18. The van der Waals surface area contributed by atoms with Crippen molar-refractivity contribution in [2.24, 2.45) is 0 Å². The molecule has 0 aliphatic carbocycles. The molecule has 0 amide bonds. The van der Waals surface area contributed by atoms with Gasteiger partial charge in [0.05, 0.1) is 6.04 Å². The van der Waals surface area contributed by atoms with E-state index in [1.807, 2.05) is 6.92 Å². The van der Waals surface area contributed by atoms with Crippen LogP contribution in [0.25, 0.3) is 0 Å². The van der Waals surface area contributed by atoms with E-state index in [4.69, 9.17) is 10.4 Å². The Morgan fingerprint density at radius 1 is 0.619 bits per heavy atom. The monoisotopic (exact) mass is 301 g/mol. The first-order valence-electron chi connectivity index (χ1n) is 9.39. The highest BCUT2D eigenvalue weighted by atomic mass is 16.8. The summed E-state index contributed by atoms with van der Waals surface area (Å²) < 4.78 is 0. The zero-order chi connectivity index (χ0) is 15.8. The summed E-state index contributed by atoms with van der Waals surface area (Å²) in [5.41, 5.74) is 0. The molecule has 0 heterocycles. The Bertz CT molecular complexity index is 198. The van der Waals surface area contributed by atoms with Crippen LogP contribution in [0.3, 0.4) is 0 Å². The molecule has 0 bridgehead atoms. The number of hydroxylamine groups is 2. The van der Waals surface area contributed by atoms with Crippen molar-refractivity contribution in [3.05, 3.63) is 0 Å². The summed E-state index contributed by atoms with van der Waals surface area (Å²) >= 11 is 0. The lowest BCUT2D eigenvalue weighted by atomic mass is 10.0. The van der Waals surface area contributed by atoms with Crippen LogP contribution in [0, 0.1) is 0 Å². The molecule has 0 saturated carbocycles. The first-order valence-corrected chi connectivity index (χ1v) is 9.39. The maximum Gasteiger partial charge on any atom is 0.0621 e. The van der Waals surface area contributed by atoms with Gasteiger partial charge in [-0.25, -0.2) is 0 Å². The summed E-state index contributed by atoms with van der Waals surface area (Å²) in [6.45, 7) is 4.26. The van der Waals surface area contributed by atoms with Crippen molar-refractivity contribution in [1.82, 2.24) is 5.23 Å². The van der Waals surface area contributed by atoms with Crippen LogP contribution in [-0.2, 0) is 0 Å². The third-order valence-electron chi connectivity index (χ3n) is 4.44. The molecule has 1 atom stereocenters. The van der Waals surface area contributed by atoms with Gasteiger partial charge in [-0.2, -0.15) is 0 Å². The quantitative estimate of drug-likeness (QED) is 0.259. The molecule has 2 N–H and O–H groups in total. The predicted molar refractivity (Wildman–Crippen MR) is 89.8 cm³/mol. The molecule has 0 saturated heterocycles. The van der Waals surface area contributed by atoms with E-state index in [1.165, 1.54) is 77.0 Å². The molecule has 128 valence electrons. The van der Waals surface area contributed by atoms with Crippen molar-refractivity contribution in [1.29, 1.82) is 0 Å². The van der Waals surface area contributed by atoms with Crippen LogP contribution in [0.2, 0.25) is 0 Å². The molecule has 3 heteroatoms. The second-order valence-corrected chi connectivity index (χ2v) is 6.41. The average Bonchev–Trinajstić information content (AvgIpc) is 2.47. The summed E-state index contributed by atoms with van der Waals surface area (Å²) in [6, 6.07) is -0.0855. The van der Waals surface area contributed by atoms with Crippen LogP contribution >= 0.6 is 0 Å². The van der Waals surface area contributed by atoms with Crippen molar-refractivity contribution in [3.63, 3.8) is 0 Å². The minimum absolute atomic E-state index is 0.0855. The standard InChI is InChI=1S/C18H39NO2/c1-3-5-6-7-8-9-10-11-12-13-14-15-16-17-18(4-2)19(20)21/h18,20-21H,3-17H2,1-2H3. The van der Waals surface area contributed by atoms with Crippen molar-refractivity contribution < 1.29 is 10.4 Å². The Hall–Kier alpha value is -0.120. The molecule has 0 spiro atoms. The van der Waals surface area contributed by atoms with Crippen LogP contribution < -0.4 is 0 Å². The van der Waals surface area contributed by atoms with Gasteiger partial charge in [0.1, 0.15) is 0 Å². The van der Waals surface area contributed by atoms with Crippen LogP contribution in [-0.4, -0.2) is 21.7 Å². The maximum absolute atomic E-state index is 8.99. The van der Waals surface area contributed by atoms with E-state index in [-0.39, 0.29) is 6.04 Å². The second kappa shape index (κ2) is 16.3. The van der Waals surface area contributed by atoms with E-state index >= 15 is 0 Å². The van der Waals surface area contributed by atoms with Gasteiger partial charge in [-0.3, -0.25) is 10.4 Å². The lowest BCUT2D eigenvalue weighted by molar-refractivity contribution is -0.333. The van der Waals surface area contributed by atoms with Gasteiger partial charge in [0, 0.05) is 0 Å². The van der Waals surface area contributed by atoms with Crippen LogP contribution in [0.5, 0.6) is 0 Å². The molecule has 0 aliphatic heterocycles. The van der Waals surface area contributed by atoms with Crippen LogP contribution in [0.15, 0.2) is 0 Å². The van der Waals surface area contributed by atoms with Gasteiger partial charge in [0.15, 0.2) is 0 Å². The molecular formula is C18H39NO2. The lowest BCUT2D eigenvalue weighted by Crippen LogP contribution is -2.28. The van der Waals surface area contributed by atoms with Crippen LogP contribution in [0.1, 0.15) is 110 Å². The molecular weight excluding hydrogens is 262 g/mol. The topological polar surface area (TPSA) is 43.7 Å². The summed E-state index contributed by atoms with van der Waals surface area (Å²) in [5.74, 6) is 0. The highest BCUT2D eigenvalue weighted by Gasteiger charge is 2.11. The molecule has 21 heavy (non-hydrogen) atoms. The first-order chi connectivity index (χ1) is 10.2. The van der Waals surface area contributed by atoms with Gasteiger partial charge < -0.3 is 0 Å². The van der Waals surface area contributed by atoms with Crippen molar-refractivity contribution >= 4 is 0 Å². The minimum Gasteiger partial charge on any atom is -0.289 e. The van der Waals surface area contributed by atoms with Gasteiger partial charge >= 0.3 is 0 Å². The third kappa shape index (κ3) is 14.6. The summed E-state index contributed by atoms with van der Waals surface area (Å²) in [4.78, 5) is 0. The van der Waals surface area contributed by atoms with Gasteiger partial charge in [-0.1, -0.05) is 103 Å². The van der Waals surface area contributed by atoms with E-state index in [9.17, 15) is 0 Å². The Morgan fingerprint density at radius 3 is 1.33 bits per heavy atom. The summed E-state index contributed by atoms with van der Waals surface area (Å²) in [5, 5.41) is 18.4. The van der Waals surface area contributed by atoms with Gasteiger partial charge in [-0.05, 0) is 12.8 Å². The van der Waals surface area contributed by atoms with Gasteiger partial charge in [0.2, 0.25) is 0 Å². The van der Waals surface area contributed by atoms with E-state index < -0.39 is 0 Å². The number of rotatable bonds is 16. The van der Waals surface area contributed by atoms with Crippen molar-refractivity contribution in [2.45, 2.75) is 116 Å².